The van der Waals surface area contributed by atoms with Crippen molar-refractivity contribution in [2.45, 2.75) is 67.3 Å². The lowest BCUT2D eigenvalue weighted by Crippen LogP contribution is -2.09. The first-order valence-corrected chi connectivity index (χ1v) is 10.9. The van der Waals surface area contributed by atoms with E-state index >= 15 is 0 Å². The maximum atomic E-state index is 5.05. The number of allylic oxidation sites excluding steroid dienone is 1. The summed E-state index contributed by atoms with van der Waals surface area (Å²) in [6, 6.07) is 7.10. The van der Waals surface area contributed by atoms with Gasteiger partial charge in [-0.1, -0.05) is 43.7 Å². The molecule has 3 heterocycles. The summed E-state index contributed by atoms with van der Waals surface area (Å²) in [6.07, 6.45) is 4.38. The van der Waals surface area contributed by atoms with E-state index in [1.807, 2.05) is 0 Å². The van der Waals surface area contributed by atoms with Crippen molar-refractivity contribution in [2.24, 2.45) is 0 Å². The first-order chi connectivity index (χ1) is 14.3. The van der Waals surface area contributed by atoms with E-state index in [0.717, 1.165) is 46.7 Å². The Kier molecular flexibility index (Phi) is 5.05. The number of benzene rings is 1. The number of rotatable bonds is 5. The Morgan fingerprint density at radius 1 is 1.03 bits per heavy atom. The predicted octanol–water partition coefficient (Wildman–Crippen LogP) is 6.98. The third kappa shape index (κ3) is 2.97. The van der Waals surface area contributed by atoms with Gasteiger partial charge in [0.1, 0.15) is 5.65 Å². The van der Waals surface area contributed by atoms with Crippen LogP contribution in [0, 0.1) is 27.7 Å². The van der Waals surface area contributed by atoms with Crippen LogP contribution in [0.15, 0.2) is 31.0 Å². The summed E-state index contributed by atoms with van der Waals surface area (Å²) in [4.78, 5) is 5.05. The fraction of sp³-hybridized carbons (Fsp3) is 0.385. The standard InChI is InChI=1S/C26H32N4/c1-9-20(10-2)29-12-11-21-18(7)27-25-24(19(8)28-30(25)26(21)29)23-17(6)13-16(5)14-22(23)15(3)4/h11-14,20H,3,9-10H2,1-2,4-8H3. The summed E-state index contributed by atoms with van der Waals surface area (Å²) >= 11 is 0. The van der Waals surface area contributed by atoms with Crippen molar-refractivity contribution in [1.29, 1.82) is 0 Å². The molecule has 0 amide bonds. The number of aromatic nitrogens is 4. The van der Waals surface area contributed by atoms with Gasteiger partial charge >= 0.3 is 0 Å². The molecular formula is C26H32N4. The second kappa shape index (κ2) is 7.42. The Bertz CT molecular complexity index is 1280. The third-order valence-electron chi connectivity index (χ3n) is 6.31. The van der Waals surface area contributed by atoms with Crippen LogP contribution >= 0.6 is 0 Å². The molecule has 4 heteroatoms. The van der Waals surface area contributed by atoms with Gasteiger partial charge in [-0.15, -0.1) is 0 Å². The van der Waals surface area contributed by atoms with Gasteiger partial charge < -0.3 is 4.57 Å². The first kappa shape index (κ1) is 20.4. The van der Waals surface area contributed by atoms with Gasteiger partial charge in [0.25, 0.3) is 0 Å². The van der Waals surface area contributed by atoms with E-state index in [1.54, 1.807) is 0 Å². The van der Waals surface area contributed by atoms with E-state index in [9.17, 15) is 0 Å². The van der Waals surface area contributed by atoms with Crippen LogP contribution in [0.25, 0.3) is 33.4 Å². The van der Waals surface area contributed by atoms with Crippen molar-refractivity contribution in [3.63, 3.8) is 0 Å². The zero-order valence-corrected chi connectivity index (χ0v) is 19.3. The predicted molar refractivity (Wildman–Crippen MR) is 127 cm³/mol. The van der Waals surface area contributed by atoms with Gasteiger partial charge in [-0.3, -0.25) is 0 Å². The molecule has 0 radical (unpaired) electrons. The molecule has 30 heavy (non-hydrogen) atoms. The van der Waals surface area contributed by atoms with Crippen molar-refractivity contribution in [2.75, 3.05) is 0 Å². The van der Waals surface area contributed by atoms with Gasteiger partial charge in [0.15, 0.2) is 5.65 Å². The molecule has 4 rings (SSSR count). The Hall–Kier alpha value is -2.88. The molecule has 4 nitrogen and oxygen atoms in total. The highest BCUT2D eigenvalue weighted by Gasteiger charge is 2.23. The van der Waals surface area contributed by atoms with Gasteiger partial charge in [-0.2, -0.15) is 9.61 Å². The Labute approximate surface area is 179 Å². The summed E-state index contributed by atoms with van der Waals surface area (Å²) in [6.45, 7) is 19.3. The van der Waals surface area contributed by atoms with Gasteiger partial charge in [0.05, 0.1) is 17.0 Å². The molecule has 0 aliphatic rings. The average molecular weight is 401 g/mol. The molecule has 4 aromatic rings. The van der Waals surface area contributed by atoms with E-state index < -0.39 is 0 Å². The molecule has 156 valence electrons. The van der Waals surface area contributed by atoms with Crippen molar-refractivity contribution < 1.29 is 0 Å². The molecule has 0 bridgehead atoms. The van der Waals surface area contributed by atoms with E-state index in [1.165, 1.54) is 27.6 Å². The monoisotopic (exact) mass is 400 g/mol. The first-order valence-electron chi connectivity index (χ1n) is 10.9. The molecule has 0 aliphatic carbocycles. The number of fused-ring (bicyclic) bond motifs is 3. The normalized spacial score (nSPS) is 11.9. The molecule has 3 aromatic heterocycles. The van der Waals surface area contributed by atoms with Crippen molar-refractivity contribution in [3.8, 4) is 11.1 Å². The highest BCUT2D eigenvalue weighted by Crippen LogP contribution is 2.38. The fourth-order valence-electron chi connectivity index (χ4n) is 4.84. The molecule has 0 fully saturated rings. The molecule has 1 aromatic carbocycles. The largest absolute Gasteiger partial charge is 0.329 e. The van der Waals surface area contributed by atoms with Crippen LogP contribution in [0.2, 0.25) is 0 Å². The second-order valence-electron chi connectivity index (χ2n) is 8.61. The number of nitrogens with zero attached hydrogens (tertiary/aromatic N) is 4. The minimum absolute atomic E-state index is 0.451. The summed E-state index contributed by atoms with van der Waals surface area (Å²) in [5, 5.41) is 6.18. The van der Waals surface area contributed by atoms with Gasteiger partial charge in [0, 0.05) is 17.6 Å². The summed E-state index contributed by atoms with van der Waals surface area (Å²) in [5.74, 6) is 0. The lowest BCUT2D eigenvalue weighted by atomic mass is 9.90. The minimum Gasteiger partial charge on any atom is -0.329 e. The van der Waals surface area contributed by atoms with E-state index in [4.69, 9.17) is 10.1 Å². The maximum absolute atomic E-state index is 5.05. The quantitative estimate of drug-likeness (QED) is 0.362. The molecular weight excluding hydrogens is 368 g/mol. The molecule has 0 N–H and O–H groups in total. The van der Waals surface area contributed by atoms with Gasteiger partial charge in [-0.05, 0) is 70.2 Å². The lowest BCUT2D eigenvalue weighted by molar-refractivity contribution is 0.480. The van der Waals surface area contributed by atoms with Crippen LogP contribution < -0.4 is 0 Å². The zero-order valence-electron chi connectivity index (χ0n) is 19.3. The van der Waals surface area contributed by atoms with E-state index in [0.29, 0.717) is 6.04 Å². The zero-order chi connectivity index (χ0) is 21.7. The van der Waals surface area contributed by atoms with Crippen molar-refractivity contribution >= 4 is 22.3 Å². The summed E-state index contributed by atoms with van der Waals surface area (Å²) < 4.78 is 4.45. The van der Waals surface area contributed by atoms with Gasteiger partial charge in [-0.25, -0.2) is 4.98 Å². The molecule has 0 atom stereocenters. The highest BCUT2D eigenvalue weighted by atomic mass is 15.3. The Morgan fingerprint density at radius 3 is 2.37 bits per heavy atom. The van der Waals surface area contributed by atoms with Crippen LogP contribution in [-0.2, 0) is 0 Å². The van der Waals surface area contributed by atoms with Gasteiger partial charge in [0.2, 0.25) is 0 Å². The summed E-state index contributed by atoms with van der Waals surface area (Å²) in [5.41, 5.74) is 11.2. The topological polar surface area (TPSA) is 35.1 Å². The number of hydrogen-bond donors (Lipinski definition) is 0. The number of aryl methyl sites for hydroxylation is 4. The SMILES string of the molecule is C=C(C)c1cc(C)cc(C)c1-c1c(C)nn2c1nc(C)c1ccn(C(CC)CC)c12. The Balaban J connectivity index is 2.14. The van der Waals surface area contributed by atoms with Crippen molar-refractivity contribution in [3.05, 3.63) is 59.1 Å². The fourth-order valence-corrected chi connectivity index (χ4v) is 4.84. The lowest BCUT2D eigenvalue weighted by Gasteiger charge is -2.17. The molecule has 0 saturated carbocycles. The summed E-state index contributed by atoms with van der Waals surface area (Å²) in [7, 11) is 0. The second-order valence-corrected chi connectivity index (χ2v) is 8.61. The average Bonchev–Trinajstić information content (AvgIpc) is 3.25. The smallest absolute Gasteiger partial charge is 0.165 e. The minimum atomic E-state index is 0.451. The van der Waals surface area contributed by atoms with Crippen LogP contribution in [0.4, 0.5) is 0 Å². The van der Waals surface area contributed by atoms with Crippen LogP contribution in [-0.4, -0.2) is 19.2 Å². The van der Waals surface area contributed by atoms with Crippen molar-refractivity contribution in [1.82, 2.24) is 19.2 Å². The Morgan fingerprint density at radius 2 is 1.73 bits per heavy atom. The molecule has 0 aliphatic heterocycles. The van der Waals surface area contributed by atoms with Crippen LogP contribution in [0.1, 0.15) is 67.7 Å². The molecule has 0 saturated heterocycles. The van der Waals surface area contributed by atoms with Crippen LogP contribution in [0.3, 0.4) is 0 Å². The van der Waals surface area contributed by atoms with E-state index in [2.05, 4.69) is 88.5 Å². The number of hydrogen-bond acceptors (Lipinski definition) is 2. The van der Waals surface area contributed by atoms with Crippen LogP contribution in [0.5, 0.6) is 0 Å². The molecule has 0 spiro atoms. The highest BCUT2D eigenvalue weighted by molar-refractivity contribution is 5.93. The third-order valence-corrected chi connectivity index (χ3v) is 6.31. The maximum Gasteiger partial charge on any atom is 0.165 e. The van der Waals surface area contributed by atoms with E-state index in [-0.39, 0.29) is 0 Å². The molecule has 0 unspecified atom stereocenters.